The molecule has 0 saturated heterocycles. The maximum Gasteiger partial charge on any atom is 0.221 e. The van der Waals surface area contributed by atoms with Crippen LogP contribution in [0.1, 0.15) is 51.4 Å². The van der Waals surface area contributed by atoms with E-state index in [0.29, 0.717) is 19.3 Å². The molecule has 22 heavy (non-hydrogen) atoms. The Hall–Kier alpha value is -1.48. The van der Waals surface area contributed by atoms with E-state index in [-0.39, 0.29) is 29.8 Å². The summed E-state index contributed by atoms with van der Waals surface area (Å²) in [7, 11) is 0. The molecule has 0 aromatic carbocycles. The van der Waals surface area contributed by atoms with Gasteiger partial charge in [-0.3, -0.25) is 9.59 Å². The SMILES string of the molecule is O=C=C1CC(CCC(=O)Cl)=CC=C1C(=O)C1(O)CCCCC1. The Balaban J connectivity index is 2.19. The number of hydrogen-bond acceptors (Lipinski definition) is 4. The highest BCUT2D eigenvalue weighted by Gasteiger charge is 2.40. The Labute approximate surface area is 134 Å². The molecule has 1 fully saturated rings. The predicted molar refractivity (Wildman–Crippen MR) is 83.1 cm³/mol. The van der Waals surface area contributed by atoms with E-state index in [1.807, 2.05) is 5.94 Å². The summed E-state index contributed by atoms with van der Waals surface area (Å²) in [6, 6.07) is 0. The van der Waals surface area contributed by atoms with Gasteiger partial charge in [0.15, 0.2) is 5.78 Å². The lowest BCUT2D eigenvalue weighted by atomic mass is 9.76. The van der Waals surface area contributed by atoms with Gasteiger partial charge in [-0.25, -0.2) is 4.79 Å². The van der Waals surface area contributed by atoms with Crippen molar-refractivity contribution < 1.29 is 19.5 Å². The minimum Gasteiger partial charge on any atom is -0.382 e. The van der Waals surface area contributed by atoms with Crippen molar-refractivity contribution in [2.24, 2.45) is 0 Å². The molecule has 0 unspecified atom stereocenters. The molecular weight excluding hydrogens is 304 g/mol. The third-order valence-corrected chi connectivity index (χ3v) is 4.52. The fourth-order valence-corrected chi connectivity index (χ4v) is 3.13. The van der Waals surface area contributed by atoms with Gasteiger partial charge in [0.1, 0.15) is 11.5 Å². The predicted octanol–water partition coefficient (Wildman–Crippen LogP) is 2.81. The third-order valence-electron chi connectivity index (χ3n) is 4.33. The summed E-state index contributed by atoms with van der Waals surface area (Å²) >= 11 is 5.31. The molecular formula is C17H19ClO4. The van der Waals surface area contributed by atoms with Crippen molar-refractivity contribution in [2.45, 2.75) is 57.0 Å². The lowest BCUT2D eigenvalue weighted by Gasteiger charge is -2.32. The van der Waals surface area contributed by atoms with Crippen LogP contribution in [0.25, 0.3) is 0 Å². The molecule has 0 radical (unpaired) electrons. The topological polar surface area (TPSA) is 71.4 Å². The molecule has 4 nitrogen and oxygen atoms in total. The van der Waals surface area contributed by atoms with Crippen LogP contribution in [0.5, 0.6) is 0 Å². The molecule has 1 saturated carbocycles. The summed E-state index contributed by atoms with van der Waals surface area (Å²) in [6.07, 6.45) is 7.74. The van der Waals surface area contributed by atoms with Crippen LogP contribution in [-0.4, -0.2) is 27.7 Å². The second-order valence-corrected chi connectivity index (χ2v) is 6.36. The van der Waals surface area contributed by atoms with Crippen LogP contribution in [0.15, 0.2) is 28.9 Å². The minimum atomic E-state index is -1.36. The maximum absolute atomic E-state index is 12.6. The average Bonchev–Trinajstić information content (AvgIpc) is 2.52. The second-order valence-electron chi connectivity index (χ2n) is 5.94. The van der Waals surface area contributed by atoms with Crippen LogP contribution in [0, 0.1) is 0 Å². The third kappa shape index (κ3) is 3.83. The zero-order chi connectivity index (χ0) is 16.2. The first kappa shape index (κ1) is 16.9. The van der Waals surface area contributed by atoms with Crippen LogP contribution in [0.2, 0.25) is 0 Å². The molecule has 0 aromatic heterocycles. The van der Waals surface area contributed by atoms with Crippen molar-refractivity contribution in [2.75, 3.05) is 0 Å². The molecule has 2 aliphatic rings. The van der Waals surface area contributed by atoms with E-state index < -0.39 is 10.8 Å². The fraction of sp³-hybridized carbons (Fsp3) is 0.529. The van der Waals surface area contributed by atoms with E-state index in [1.165, 1.54) is 0 Å². The van der Waals surface area contributed by atoms with Gasteiger partial charge < -0.3 is 5.11 Å². The number of aliphatic hydroxyl groups is 1. The van der Waals surface area contributed by atoms with Gasteiger partial charge >= 0.3 is 0 Å². The van der Waals surface area contributed by atoms with Crippen LogP contribution in [0.4, 0.5) is 0 Å². The average molecular weight is 323 g/mol. The van der Waals surface area contributed by atoms with Crippen molar-refractivity contribution in [1.29, 1.82) is 0 Å². The Kier molecular flexibility index (Phi) is 5.52. The smallest absolute Gasteiger partial charge is 0.221 e. The molecule has 2 rings (SSSR count). The van der Waals surface area contributed by atoms with Crippen molar-refractivity contribution in [1.82, 2.24) is 0 Å². The molecule has 0 heterocycles. The Morgan fingerprint density at radius 1 is 1.23 bits per heavy atom. The molecule has 5 heteroatoms. The van der Waals surface area contributed by atoms with Gasteiger partial charge in [-0.15, -0.1) is 0 Å². The minimum absolute atomic E-state index is 0.195. The molecule has 0 amide bonds. The number of ketones is 1. The summed E-state index contributed by atoms with van der Waals surface area (Å²) in [5.41, 5.74) is 0.00675. The number of carbonyl (C=O) groups is 2. The molecule has 0 bridgehead atoms. The van der Waals surface area contributed by atoms with E-state index >= 15 is 0 Å². The number of halogens is 1. The number of Topliss-reactive ketones (excluding diaryl/α,β-unsaturated/α-hetero) is 1. The molecule has 0 aromatic rings. The van der Waals surface area contributed by atoms with Crippen molar-refractivity contribution >= 4 is 28.6 Å². The van der Waals surface area contributed by atoms with E-state index in [2.05, 4.69) is 0 Å². The highest BCUT2D eigenvalue weighted by atomic mass is 35.5. The number of allylic oxidation sites excluding steroid dienone is 4. The summed E-state index contributed by atoms with van der Waals surface area (Å²) in [5, 5.41) is 10.1. The van der Waals surface area contributed by atoms with E-state index in [9.17, 15) is 19.5 Å². The summed E-state index contributed by atoms with van der Waals surface area (Å²) in [4.78, 5) is 34.6. The largest absolute Gasteiger partial charge is 0.382 e. The van der Waals surface area contributed by atoms with Gasteiger partial charge in [-0.05, 0) is 30.9 Å². The van der Waals surface area contributed by atoms with Crippen LogP contribution in [-0.2, 0) is 14.4 Å². The number of hydrogen-bond donors (Lipinski definition) is 1. The molecule has 118 valence electrons. The van der Waals surface area contributed by atoms with Gasteiger partial charge in [0.05, 0.1) is 5.57 Å². The van der Waals surface area contributed by atoms with Gasteiger partial charge in [0.25, 0.3) is 0 Å². The van der Waals surface area contributed by atoms with Crippen molar-refractivity contribution in [3.63, 3.8) is 0 Å². The highest BCUT2D eigenvalue weighted by Crippen LogP contribution is 2.35. The Morgan fingerprint density at radius 2 is 1.91 bits per heavy atom. The standard InChI is InChI=1S/C17H19ClO4/c18-15(20)7-5-12-4-6-14(13(10-12)11-19)16(21)17(22)8-2-1-3-9-17/h4,6,22H,1-3,5,7-10H2. The van der Waals surface area contributed by atoms with Crippen LogP contribution >= 0.6 is 11.6 Å². The Bertz CT molecular complexity index is 588. The van der Waals surface area contributed by atoms with Crippen molar-refractivity contribution in [3.8, 4) is 0 Å². The maximum atomic E-state index is 12.6. The number of carbonyl (C=O) groups excluding carboxylic acids is 3. The first-order valence-electron chi connectivity index (χ1n) is 7.56. The quantitative estimate of drug-likeness (QED) is 0.624. The van der Waals surface area contributed by atoms with Gasteiger partial charge in [-0.1, -0.05) is 37.0 Å². The van der Waals surface area contributed by atoms with Crippen LogP contribution < -0.4 is 0 Å². The summed E-state index contributed by atoms with van der Waals surface area (Å²) in [5.74, 6) is 1.44. The zero-order valence-electron chi connectivity index (χ0n) is 12.4. The fourth-order valence-electron chi connectivity index (χ4n) is 3.03. The number of rotatable bonds is 5. The summed E-state index contributed by atoms with van der Waals surface area (Å²) in [6.45, 7) is 0. The van der Waals surface area contributed by atoms with Crippen LogP contribution in [0.3, 0.4) is 0 Å². The van der Waals surface area contributed by atoms with Gasteiger partial charge in [0, 0.05) is 18.4 Å². The first-order valence-corrected chi connectivity index (χ1v) is 7.93. The lowest BCUT2D eigenvalue weighted by Crippen LogP contribution is -2.42. The zero-order valence-corrected chi connectivity index (χ0v) is 13.1. The molecule has 0 spiro atoms. The van der Waals surface area contributed by atoms with E-state index in [0.717, 1.165) is 24.8 Å². The summed E-state index contributed by atoms with van der Waals surface area (Å²) < 4.78 is 0. The van der Waals surface area contributed by atoms with Gasteiger partial charge in [-0.2, -0.15) is 0 Å². The molecule has 0 aliphatic heterocycles. The normalized spacial score (nSPS) is 20.7. The monoisotopic (exact) mass is 322 g/mol. The van der Waals surface area contributed by atoms with E-state index in [4.69, 9.17) is 11.6 Å². The first-order chi connectivity index (χ1) is 10.5. The molecule has 1 N–H and O–H groups in total. The molecule has 0 atom stereocenters. The van der Waals surface area contributed by atoms with Crippen molar-refractivity contribution in [3.05, 3.63) is 28.9 Å². The Morgan fingerprint density at radius 3 is 2.50 bits per heavy atom. The lowest BCUT2D eigenvalue weighted by molar-refractivity contribution is -0.136. The van der Waals surface area contributed by atoms with Gasteiger partial charge in [0.2, 0.25) is 5.24 Å². The highest BCUT2D eigenvalue weighted by molar-refractivity contribution is 6.63. The van der Waals surface area contributed by atoms with E-state index in [1.54, 1.807) is 12.2 Å². The second kappa shape index (κ2) is 7.19. The molecule has 2 aliphatic carbocycles.